The van der Waals surface area contributed by atoms with E-state index in [-0.39, 0.29) is 29.9 Å². The molecule has 1 aliphatic carbocycles. The number of carbonyl (C=O) groups excluding carboxylic acids is 3. The number of Topliss-reactive ketones (excluding diaryl/α,β-unsaturated/α-hetero) is 3. The molecule has 1 saturated heterocycles. The highest BCUT2D eigenvalue weighted by atomic mass is 16.5. The molecule has 1 heterocycles. The third kappa shape index (κ3) is 5.96. The van der Waals surface area contributed by atoms with Crippen molar-refractivity contribution in [2.75, 3.05) is 0 Å². The van der Waals surface area contributed by atoms with Crippen LogP contribution in [0.25, 0.3) is 0 Å². The first-order valence-electron chi connectivity index (χ1n) is 14.5. The Kier molecular flexibility index (Phi) is 9.82. The number of carbonyl (C=O) groups is 3. The van der Waals surface area contributed by atoms with Gasteiger partial charge in [-0.05, 0) is 80.2 Å². The third-order valence-corrected chi connectivity index (χ3v) is 8.84. The number of ether oxygens (including phenoxy) is 1. The van der Waals surface area contributed by atoms with Crippen molar-refractivity contribution in [2.24, 2.45) is 17.3 Å². The number of rotatable bonds is 9. The molecule has 1 aromatic carbocycles. The maximum Gasteiger partial charge on any atom is 0.180 e. The van der Waals surface area contributed by atoms with Gasteiger partial charge in [0.05, 0.1) is 23.2 Å². The van der Waals surface area contributed by atoms with E-state index in [4.69, 9.17) is 4.74 Å². The van der Waals surface area contributed by atoms with Crippen molar-refractivity contribution in [3.63, 3.8) is 0 Å². The molecule has 222 valence electrons. The average Bonchev–Trinajstić information content (AvgIpc) is 2.90. The summed E-state index contributed by atoms with van der Waals surface area (Å²) in [6.07, 6.45) is 3.77. The first-order chi connectivity index (χ1) is 19.1. The molecule has 0 bridgehead atoms. The number of allylic oxidation sites excluding steroid dienone is 6. The van der Waals surface area contributed by atoms with Crippen LogP contribution in [-0.2, 0) is 24.7 Å². The van der Waals surface area contributed by atoms with Crippen molar-refractivity contribution in [1.29, 1.82) is 0 Å². The molecule has 41 heavy (non-hydrogen) atoms. The molecule has 3 rings (SSSR count). The summed E-state index contributed by atoms with van der Waals surface area (Å²) in [4.78, 5) is 41.6. The van der Waals surface area contributed by atoms with Crippen molar-refractivity contribution in [1.82, 2.24) is 0 Å². The first kappa shape index (κ1) is 32.4. The predicted octanol–water partition coefficient (Wildman–Crippen LogP) is 6.89. The highest BCUT2D eigenvalue weighted by Crippen LogP contribution is 2.56. The van der Waals surface area contributed by atoms with Gasteiger partial charge in [-0.15, -0.1) is 0 Å². The van der Waals surface area contributed by atoms with Gasteiger partial charge in [-0.25, -0.2) is 0 Å². The van der Waals surface area contributed by atoms with Crippen LogP contribution >= 0.6 is 0 Å². The third-order valence-electron chi connectivity index (χ3n) is 8.84. The van der Waals surface area contributed by atoms with Crippen LogP contribution < -0.4 is 0 Å². The maximum absolute atomic E-state index is 14.3. The fraction of sp³-hybridized carbons (Fsp3) is 0.514. The van der Waals surface area contributed by atoms with Gasteiger partial charge in [0.25, 0.3) is 0 Å². The Balaban J connectivity index is 2.48. The summed E-state index contributed by atoms with van der Waals surface area (Å²) in [5, 5.41) is 24.6. The summed E-state index contributed by atoms with van der Waals surface area (Å²) in [6, 6.07) is 8.17. The van der Waals surface area contributed by atoms with Crippen LogP contribution in [0.1, 0.15) is 87.1 Å². The molecule has 2 aliphatic rings. The van der Waals surface area contributed by atoms with Gasteiger partial charge in [0.15, 0.2) is 23.0 Å². The Morgan fingerprint density at radius 2 is 1.56 bits per heavy atom. The molecule has 6 atom stereocenters. The lowest BCUT2D eigenvalue weighted by atomic mass is 9.56. The monoisotopic (exact) mass is 562 g/mol. The van der Waals surface area contributed by atoms with E-state index in [2.05, 4.69) is 6.08 Å². The van der Waals surface area contributed by atoms with Crippen LogP contribution in [0.4, 0.5) is 0 Å². The standard InChI is InChI=1S/C35H46O6/c1-20(2)15-16-26(22(5)6)19-34(18-17-21(3)4)32(39)29(35(40,25(9)36)27-13-11-10-12-14-27)31(38)28-30(37)23(7)24(8)41-33(28)34/h10-15,17,23-24,28,33,39-40H,16,18-19H2,1-9H3/t23-,24+,28-,33-,34+,35+/m0/s1. The predicted molar refractivity (Wildman–Crippen MR) is 161 cm³/mol. The zero-order chi connectivity index (χ0) is 30.9. The van der Waals surface area contributed by atoms with Gasteiger partial charge in [-0.3, -0.25) is 14.4 Å². The van der Waals surface area contributed by atoms with Crippen LogP contribution in [0.5, 0.6) is 0 Å². The number of aliphatic hydroxyl groups excluding tert-OH is 1. The normalized spacial score (nSPS) is 27.5. The minimum atomic E-state index is -2.44. The second-order valence-electron chi connectivity index (χ2n) is 12.6. The summed E-state index contributed by atoms with van der Waals surface area (Å²) in [7, 11) is 0. The SMILES string of the molecule is CC(=O)[C@](O)(C1=C(O)[C@@](CC=C(C)C)(CC(CC=C(C)C)=C(C)C)[C@H]2O[C@H](C)[C@H](C)C(=O)[C@H]2C1=O)c1ccccc1. The summed E-state index contributed by atoms with van der Waals surface area (Å²) in [5.74, 6) is -3.99. The second kappa shape index (κ2) is 12.4. The van der Waals surface area contributed by atoms with E-state index in [1.807, 2.05) is 54.5 Å². The van der Waals surface area contributed by atoms with E-state index in [0.29, 0.717) is 6.42 Å². The van der Waals surface area contributed by atoms with Crippen LogP contribution in [0.15, 0.2) is 76.1 Å². The molecule has 6 heteroatoms. The molecule has 1 fully saturated rings. The summed E-state index contributed by atoms with van der Waals surface area (Å²) in [5.41, 5.74) is 0.222. The minimum Gasteiger partial charge on any atom is -0.511 e. The molecule has 1 aromatic rings. The van der Waals surface area contributed by atoms with Gasteiger partial charge in [0.1, 0.15) is 11.7 Å². The molecule has 0 radical (unpaired) electrons. The number of aliphatic hydroxyl groups is 2. The first-order valence-corrected chi connectivity index (χ1v) is 14.5. The van der Waals surface area contributed by atoms with Crippen LogP contribution in [0.3, 0.4) is 0 Å². The zero-order valence-corrected chi connectivity index (χ0v) is 26.0. The maximum atomic E-state index is 14.3. The molecule has 2 N–H and O–H groups in total. The average molecular weight is 563 g/mol. The Hall–Kier alpha value is -3.09. The molecule has 0 aromatic heterocycles. The number of hydrogen-bond acceptors (Lipinski definition) is 6. The van der Waals surface area contributed by atoms with E-state index >= 15 is 0 Å². The lowest BCUT2D eigenvalue weighted by molar-refractivity contribution is -0.181. The van der Waals surface area contributed by atoms with Crippen molar-refractivity contribution >= 4 is 17.3 Å². The van der Waals surface area contributed by atoms with E-state index in [0.717, 1.165) is 22.3 Å². The largest absolute Gasteiger partial charge is 0.511 e. The zero-order valence-electron chi connectivity index (χ0n) is 26.0. The van der Waals surface area contributed by atoms with Gasteiger partial charge in [0, 0.05) is 5.92 Å². The number of benzene rings is 1. The molecular formula is C35H46O6. The Bertz CT molecular complexity index is 1320. The van der Waals surface area contributed by atoms with Crippen molar-refractivity contribution in [3.8, 4) is 0 Å². The number of ketones is 3. The lowest BCUT2D eigenvalue weighted by Crippen LogP contribution is -2.62. The highest BCUT2D eigenvalue weighted by Gasteiger charge is 2.63. The Labute approximate surface area is 244 Å². The van der Waals surface area contributed by atoms with Crippen molar-refractivity contribution in [3.05, 3.63) is 81.7 Å². The quantitative estimate of drug-likeness (QED) is 0.251. The van der Waals surface area contributed by atoms with Crippen molar-refractivity contribution < 1.29 is 29.3 Å². The molecule has 0 amide bonds. The van der Waals surface area contributed by atoms with Crippen LogP contribution in [0, 0.1) is 17.3 Å². The van der Waals surface area contributed by atoms with E-state index < -0.39 is 52.2 Å². The van der Waals surface area contributed by atoms with Gasteiger partial charge < -0.3 is 14.9 Å². The molecule has 6 nitrogen and oxygen atoms in total. The van der Waals surface area contributed by atoms with Gasteiger partial charge >= 0.3 is 0 Å². The lowest BCUT2D eigenvalue weighted by Gasteiger charge is -2.52. The number of hydrogen-bond donors (Lipinski definition) is 2. The topological polar surface area (TPSA) is 101 Å². The fourth-order valence-electron chi connectivity index (χ4n) is 6.03. The molecular weight excluding hydrogens is 516 g/mol. The molecule has 0 saturated carbocycles. The minimum absolute atomic E-state index is 0.162. The van der Waals surface area contributed by atoms with Crippen LogP contribution in [-0.4, -0.2) is 39.8 Å². The molecule has 0 unspecified atom stereocenters. The Morgan fingerprint density at radius 3 is 2.07 bits per heavy atom. The van der Waals surface area contributed by atoms with E-state index in [1.54, 1.807) is 37.3 Å². The summed E-state index contributed by atoms with van der Waals surface area (Å²) in [6.45, 7) is 16.7. The van der Waals surface area contributed by atoms with E-state index in [9.17, 15) is 24.6 Å². The van der Waals surface area contributed by atoms with Gasteiger partial charge in [-0.1, -0.05) is 71.7 Å². The van der Waals surface area contributed by atoms with E-state index in [1.165, 1.54) is 6.92 Å². The van der Waals surface area contributed by atoms with Gasteiger partial charge in [0.2, 0.25) is 0 Å². The molecule has 1 aliphatic heterocycles. The second-order valence-corrected chi connectivity index (χ2v) is 12.6. The van der Waals surface area contributed by atoms with Crippen LogP contribution in [0.2, 0.25) is 0 Å². The highest BCUT2D eigenvalue weighted by molar-refractivity contribution is 6.17. The smallest absolute Gasteiger partial charge is 0.180 e. The summed E-state index contributed by atoms with van der Waals surface area (Å²) < 4.78 is 6.53. The Morgan fingerprint density at radius 1 is 0.976 bits per heavy atom. The van der Waals surface area contributed by atoms with Gasteiger partial charge in [-0.2, -0.15) is 0 Å². The summed E-state index contributed by atoms with van der Waals surface area (Å²) >= 11 is 0. The fourth-order valence-corrected chi connectivity index (χ4v) is 6.03. The number of fused-ring (bicyclic) bond motifs is 1. The van der Waals surface area contributed by atoms with Crippen molar-refractivity contribution in [2.45, 2.75) is 99.4 Å². The molecule has 0 spiro atoms.